The summed E-state index contributed by atoms with van der Waals surface area (Å²) < 4.78 is 36.2. The van der Waals surface area contributed by atoms with E-state index in [1.54, 1.807) is 12.1 Å². The first-order valence-electron chi connectivity index (χ1n) is 6.74. The molecule has 1 saturated carbocycles. The highest BCUT2D eigenvalue weighted by molar-refractivity contribution is 6.31. The molecule has 2 rings (SSSR count). The van der Waals surface area contributed by atoms with Crippen LogP contribution in [0.25, 0.3) is 0 Å². The van der Waals surface area contributed by atoms with E-state index in [-0.39, 0.29) is 5.56 Å². The second-order valence-corrected chi connectivity index (χ2v) is 5.85. The third-order valence-corrected chi connectivity index (χ3v) is 4.13. The van der Waals surface area contributed by atoms with Crippen LogP contribution in [0, 0.1) is 17.8 Å². The Hall–Kier alpha value is -1.14. The van der Waals surface area contributed by atoms with Gasteiger partial charge in [0.2, 0.25) is 0 Å². The lowest BCUT2D eigenvalue weighted by Gasteiger charge is -2.26. The topological polar surface area (TPSA) is 0 Å². The molecule has 0 atom stereocenters. The smallest absolute Gasteiger partial charge is 0.159 e. The summed E-state index contributed by atoms with van der Waals surface area (Å²) in [5.41, 5.74) is 1.34. The lowest BCUT2D eigenvalue weighted by molar-refractivity contribution is -0.0696. The molecule has 1 aliphatic carbocycles. The average molecular weight is 301 g/mol. The Labute approximate surface area is 122 Å². The first-order valence-corrected chi connectivity index (χ1v) is 7.12. The summed E-state index contributed by atoms with van der Waals surface area (Å²) >= 11 is 6.04. The van der Waals surface area contributed by atoms with Crippen molar-refractivity contribution in [2.45, 2.75) is 44.7 Å². The summed E-state index contributed by atoms with van der Waals surface area (Å²) in [5.74, 6) is 4.56. The summed E-state index contributed by atoms with van der Waals surface area (Å²) in [5, 5.41) is 0.304. The maximum atomic E-state index is 12.1. The molecule has 0 unspecified atom stereocenters. The van der Waals surface area contributed by atoms with Crippen molar-refractivity contribution in [2.24, 2.45) is 5.92 Å². The minimum absolute atomic E-state index is 0.233. The molecular weight excluding hydrogens is 285 g/mol. The molecule has 0 amide bonds. The van der Waals surface area contributed by atoms with E-state index in [0.717, 1.165) is 24.3 Å². The highest BCUT2D eigenvalue weighted by Gasteiger charge is 2.23. The number of alkyl halides is 3. The van der Waals surface area contributed by atoms with Gasteiger partial charge in [-0.2, -0.15) is 13.2 Å². The van der Waals surface area contributed by atoms with Crippen LogP contribution < -0.4 is 0 Å². The SMILES string of the molecule is CC1CCC(c2ccc(C#CC(F)(F)F)c(Cl)c2)CC1. The van der Waals surface area contributed by atoms with Gasteiger partial charge >= 0.3 is 6.18 Å². The molecule has 1 fully saturated rings. The number of hydrogen-bond acceptors (Lipinski definition) is 0. The van der Waals surface area contributed by atoms with Gasteiger partial charge in [0.1, 0.15) is 0 Å². The van der Waals surface area contributed by atoms with Crippen molar-refractivity contribution < 1.29 is 13.2 Å². The first-order chi connectivity index (χ1) is 9.35. The summed E-state index contributed by atoms with van der Waals surface area (Å²) in [6.45, 7) is 2.25. The van der Waals surface area contributed by atoms with E-state index in [2.05, 4.69) is 12.8 Å². The van der Waals surface area contributed by atoms with Crippen LogP contribution in [0.4, 0.5) is 13.2 Å². The van der Waals surface area contributed by atoms with Gasteiger partial charge in [0, 0.05) is 11.5 Å². The van der Waals surface area contributed by atoms with Gasteiger partial charge in [-0.1, -0.05) is 43.4 Å². The largest absolute Gasteiger partial charge is 0.458 e. The maximum Gasteiger partial charge on any atom is 0.458 e. The predicted octanol–water partition coefficient (Wildman–Crippen LogP) is 5.55. The molecule has 0 aromatic heterocycles. The van der Waals surface area contributed by atoms with Crippen molar-refractivity contribution in [2.75, 3.05) is 0 Å². The van der Waals surface area contributed by atoms with Crippen molar-refractivity contribution in [3.8, 4) is 11.8 Å². The Morgan fingerprint density at radius 3 is 2.35 bits per heavy atom. The molecule has 0 nitrogen and oxygen atoms in total. The first kappa shape index (κ1) is 15.3. The van der Waals surface area contributed by atoms with Crippen LogP contribution in [-0.4, -0.2) is 6.18 Å². The molecule has 4 heteroatoms. The zero-order chi connectivity index (χ0) is 14.8. The zero-order valence-corrected chi connectivity index (χ0v) is 12.0. The van der Waals surface area contributed by atoms with Gasteiger partial charge in [-0.3, -0.25) is 0 Å². The third kappa shape index (κ3) is 4.18. The summed E-state index contributed by atoms with van der Waals surface area (Å²) in [6, 6.07) is 5.21. The molecule has 0 aliphatic heterocycles. The molecule has 0 heterocycles. The van der Waals surface area contributed by atoms with Crippen molar-refractivity contribution in [3.63, 3.8) is 0 Å². The predicted molar refractivity (Wildman–Crippen MR) is 74.8 cm³/mol. The van der Waals surface area contributed by atoms with Gasteiger partial charge in [-0.15, -0.1) is 0 Å². The number of benzene rings is 1. The van der Waals surface area contributed by atoms with Crippen molar-refractivity contribution in [1.29, 1.82) is 0 Å². The van der Waals surface area contributed by atoms with Crippen LogP contribution in [0.2, 0.25) is 5.02 Å². The van der Waals surface area contributed by atoms with Crippen molar-refractivity contribution in [3.05, 3.63) is 34.3 Å². The van der Waals surface area contributed by atoms with E-state index in [1.807, 2.05) is 6.07 Å². The van der Waals surface area contributed by atoms with Crippen LogP contribution in [0.1, 0.15) is 49.7 Å². The Morgan fingerprint density at radius 1 is 1.15 bits per heavy atom. The lowest BCUT2D eigenvalue weighted by atomic mass is 9.79. The van der Waals surface area contributed by atoms with Gasteiger partial charge < -0.3 is 0 Å². The molecule has 1 aliphatic rings. The lowest BCUT2D eigenvalue weighted by Crippen LogP contribution is -2.10. The maximum absolute atomic E-state index is 12.1. The van der Waals surface area contributed by atoms with Crippen molar-refractivity contribution in [1.82, 2.24) is 0 Å². The fourth-order valence-electron chi connectivity index (χ4n) is 2.62. The van der Waals surface area contributed by atoms with Gasteiger partial charge in [-0.25, -0.2) is 0 Å². The molecule has 1 aromatic rings. The highest BCUT2D eigenvalue weighted by atomic mass is 35.5. The van der Waals surface area contributed by atoms with Crippen LogP contribution in [0.15, 0.2) is 18.2 Å². The fourth-order valence-corrected chi connectivity index (χ4v) is 2.85. The molecule has 0 spiro atoms. The van der Waals surface area contributed by atoms with Crippen molar-refractivity contribution >= 4 is 11.6 Å². The van der Waals surface area contributed by atoms with Crippen LogP contribution >= 0.6 is 11.6 Å². The number of halogens is 4. The Balaban J connectivity index is 2.15. The van der Waals surface area contributed by atoms with Gasteiger partial charge in [-0.05, 0) is 42.4 Å². The highest BCUT2D eigenvalue weighted by Crippen LogP contribution is 2.36. The summed E-state index contributed by atoms with van der Waals surface area (Å²) in [7, 11) is 0. The molecule has 20 heavy (non-hydrogen) atoms. The minimum atomic E-state index is -4.48. The molecule has 1 aromatic carbocycles. The molecule has 0 bridgehead atoms. The van der Waals surface area contributed by atoms with Gasteiger partial charge in [0.25, 0.3) is 0 Å². The van der Waals surface area contributed by atoms with Gasteiger partial charge in [0.15, 0.2) is 0 Å². The Kier molecular flexibility index (Phi) is 4.65. The monoisotopic (exact) mass is 300 g/mol. The Bertz CT molecular complexity index is 529. The average Bonchev–Trinajstić information content (AvgIpc) is 2.37. The van der Waals surface area contributed by atoms with E-state index in [9.17, 15) is 13.2 Å². The van der Waals surface area contributed by atoms with Crippen LogP contribution in [0.5, 0.6) is 0 Å². The molecular formula is C16H16ClF3. The quantitative estimate of drug-likeness (QED) is 0.597. The molecule has 108 valence electrons. The number of rotatable bonds is 1. The molecule has 0 radical (unpaired) electrons. The number of hydrogen-bond donors (Lipinski definition) is 0. The van der Waals surface area contributed by atoms with E-state index in [4.69, 9.17) is 11.6 Å². The zero-order valence-electron chi connectivity index (χ0n) is 11.2. The Morgan fingerprint density at radius 2 is 1.80 bits per heavy atom. The van der Waals surface area contributed by atoms with E-state index in [0.29, 0.717) is 10.9 Å². The third-order valence-electron chi connectivity index (χ3n) is 3.82. The summed E-state index contributed by atoms with van der Waals surface area (Å²) in [6.07, 6.45) is 0.132. The summed E-state index contributed by atoms with van der Waals surface area (Å²) in [4.78, 5) is 0. The normalized spacial score (nSPS) is 23.1. The van der Waals surface area contributed by atoms with E-state index in [1.165, 1.54) is 18.8 Å². The minimum Gasteiger partial charge on any atom is -0.159 e. The van der Waals surface area contributed by atoms with E-state index >= 15 is 0 Å². The van der Waals surface area contributed by atoms with Gasteiger partial charge in [0.05, 0.1) is 5.02 Å². The molecule has 0 N–H and O–H groups in total. The fraction of sp³-hybridized carbons (Fsp3) is 0.500. The molecule has 0 saturated heterocycles. The van der Waals surface area contributed by atoms with Crippen LogP contribution in [0.3, 0.4) is 0 Å². The second kappa shape index (κ2) is 6.10. The second-order valence-electron chi connectivity index (χ2n) is 5.44. The van der Waals surface area contributed by atoms with E-state index < -0.39 is 6.18 Å². The standard InChI is InChI=1S/C16H16ClF3/c1-11-2-4-12(5-3-11)14-7-6-13(15(17)10-14)8-9-16(18,19)20/h6-7,10-12H,2-5H2,1H3. The van der Waals surface area contributed by atoms with Crippen LogP contribution in [-0.2, 0) is 0 Å².